The van der Waals surface area contributed by atoms with Gasteiger partial charge in [0.25, 0.3) is 0 Å². The first-order valence-corrected chi connectivity index (χ1v) is 8.26. The van der Waals surface area contributed by atoms with Gasteiger partial charge in [-0.1, -0.05) is 6.07 Å². The molecule has 6 nitrogen and oxygen atoms in total. The van der Waals surface area contributed by atoms with E-state index < -0.39 is 16.0 Å². The third-order valence-electron chi connectivity index (χ3n) is 2.90. The molecule has 0 aliphatic rings. The van der Waals surface area contributed by atoms with E-state index in [-0.39, 0.29) is 22.7 Å². The molecule has 2 rings (SSSR count). The van der Waals surface area contributed by atoms with Crippen LogP contribution in [0.25, 0.3) is 0 Å². The first-order valence-electron chi connectivity index (χ1n) is 5.94. The van der Waals surface area contributed by atoms with Gasteiger partial charge in [-0.2, -0.15) is 4.31 Å². The highest BCUT2D eigenvalue weighted by Crippen LogP contribution is 2.24. The van der Waals surface area contributed by atoms with E-state index in [0.717, 1.165) is 10.9 Å². The van der Waals surface area contributed by atoms with Crippen LogP contribution in [0.3, 0.4) is 0 Å². The van der Waals surface area contributed by atoms with Crippen LogP contribution < -0.4 is 5.73 Å². The summed E-state index contributed by atoms with van der Waals surface area (Å²) >= 11 is 1.46. The number of hydrogen-bond acceptors (Lipinski definition) is 5. The monoisotopic (exact) mass is 326 g/mol. The van der Waals surface area contributed by atoms with Gasteiger partial charge in [-0.15, -0.1) is 11.3 Å². The van der Waals surface area contributed by atoms with Crippen LogP contribution in [-0.4, -0.2) is 30.8 Å². The zero-order chi connectivity index (χ0) is 15.6. The number of carboxylic acid groups (broad SMARTS) is 1. The van der Waals surface area contributed by atoms with Crippen molar-refractivity contribution in [3.63, 3.8) is 0 Å². The maximum absolute atomic E-state index is 12.5. The normalized spacial score (nSPS) is 11.7. The third-order valence-corrected chi connectivity index (χ3v) is 5.64. The molecule has 8 heteroatoms. The predicted octanol–water partition coefficient (Wildman–Crippen LogP) is 1.85. The molecule has 2 aromatic rings. The molecule has 0 aliphatic carbocycles. The molecule has 1 aromatic carbocycles. The van der Waals surface area contributed by atoms with Gasteiger partial charge in [0, 0.05) is 18.5 Å². The summed E-state index contributed by atoms with van der Waals surface area (Å²) in [5.41, 5.74) is 5.57. The fraction of sp³-hybridized carbons (Fsp3) is 0.154. The van der Waals surface area contributed by atoms with E-state index >= 15 is 0 Å². The first-order chi connectivity index (χ1) is 9.82. The van der Waals surface area contributed by atoms with Gasteiger partial charge in [-0.25, -0.2) is 13.2 Å². The van der Waals surface area contributed by atoms with Gasteiger partial charge in [0.2, 0.25) is 10.0 Å². The number of rotatable bonds is 5. The standard InChI is InChI=1S/C13H14N2O4S2/c1-15(8-10-3-2-6-20-10)21(18,19)12-5-4-9(13(16)17)7-11(12)14/h2-7H,8,14H2,1H3,(H,16,17). The molecule has 0 saturated carbocycles. The fourth-order valence-electron chi connectivity index (χ4n) is 1.79. The fourth-order valence-corrected chi connectivity index (χ4v) is 3.87. The zero-order valence-electron chi connectivity index (χ0n) is 11.2. The van der Waals surface area contributed by atoms with Gasteiger partial charge < -0.3 is 10.8 Å². The Labute approximate surface area is 126 Å². The Morgan fingerprint density at radius 1 is 1.38 bits per heavy atom. The minimum Gasteiger partial charge on any atom is -0.478 e. The van der Waals surface area contributed by atoms with E-state index in [1.165, 1.54) is 34.8 Å². The van der Waals surface area contributed by atoms with Crippen molar-refractivity contribution < 1.29 is 18.3 Å². The highest BCUT2D eigenvalue weighted by Gasteiger charge is 2.24. The van der Waals surface area contributed by atoms with E-state index in [9.17, 15) is 13.2 Å². The lowest BCUT2D eigenvalue weighted by Gasteiger charge is -2.17. The van der Waals surface area contributed by atoms with Gasteiger partial charge in [-0.05, 0) is 29.6 Å². The second kappa shape index (κ2) is 5.84. The molecule has 0 atom stereocenters. The van der Waals surface area contributed by atoms with Gasteiger partial charge >= 0.3 is 5.97 Å². The average molecular weight is 326 g/mol. The molecule has 0 saturated heterocycles. The third kappa shape index (κ3) is 3.23. The molecule has 0 fully saturated rings. The number of benzene rings is 1. The highest BCUT2D eigenvalue weighted by atomic mass is 32.2. The van der Waals surface area contributed by atoms with Crippen LogP contribution in [0.15, 0.2) is 40.6 Å². The second-order valence-electron chi connectivity index (χ2n) is 4.40. The van der Waals surface area contributed by atoms with Crippen molar-refractivity contribution in [2.45, 2.75) is 11.4 Å². The van der Waals surface area contributed by atoms with Crippen LogP contribution in [0.4, 0.5) is 5.69 Å². The molecule has 0 aliphatic heterocycles. The number of sulfonamides is 1. The van der Waals surface area contributed by atoms with Crippen LogP contribution >= 0.6 is 11.3 Å². The number of carbonyl (C=O) groups is 1. The van der Waals surface area contributed by atoms with E-state index in [4.69, 9.17) is 10.8 Å². The van der Waals surface area contributed by atoms with Crippen molar-refractivity contribution in [1.82, 2.24) is 4.31 Å². The molecule has 112 valence electrons. The zero-order valence-corrected chi connectivity index (χ0v) is 12.8. The van der Waals surface area contributed by atoms with Crippen molar-refractivity contribution in [2.75, 3.05) is 12.8 Å². The van der Waals surface area contributed by atoms with Crippen molar-refractivity contribution >= 4 is 33.0 Å². The summed E-state index contributed by atoms with van der Waals surface area (Å²) in [4.78, 5) is 11.7. The number of aromatic carboxylic acids is 1. The molecule has 0 spiro atoms. The Balaban J connectivity index is 2.33. The minimum absolute atomic E-state index is 0.0487. The largest absolute Gasteiger partial charge is 0.478 e. The Morgan fingerprint density at radius 2 is 2.10 bits per heavy atom. The SMILES string of the molecule is CN(Cc1cccs1)S(=O)(=O)c1ccc(C(=O)O)cc1N. The summed E-state index contributed by atoms with van der Waals surface area (Å²) in [5.74, 6) is -1.16. The summed E-state index contributed by atoms with van der Waals surface area (Å²) in [7, 11) is -2.31. The molecule has 1 aromatic heterocycles. The molecular weight excluding hydrogens is 312 g/mol. The molecule has 1 heterocycles. The van der Waals surface area contributed by atoms with Crippen molar-refractivity contribution in [3.05, 3.63) is 46.2 Å². The second-order valence-corrected chi connectivity index (χ2v) is 7.44. The molecule has 3 N–H and O–H groups in total. The summed E-state index contributed by atoms with van der Waals surface area (Å²) in [6.45, 7) is 0.236. The van der Waals surface area contributed by atoms with Crippen molar-refractivity contribution in [2.24, 2.45) is 0 Å². The Hall–Kier alpha value is -1.90. The highest BCUT2D eigenvalue weighted by molar-refractivity contribution is 7.89. The average Bonchev–Trinajstić information content (AvgIpc) is 2.90. The van der Waals surface area contributed by atoms with E-state index in [1.54, 1.807) is 0 Å². The number of nitrogen functional groups attached to an aromatic ring is 1. The summed E-state index contributed by atoms with van der Waals surface area (Å²) < 4.78 is 26.1. The summed E-state index contributed by atoms with van der Waals surface area (Å²) in [6.07, 6.45) is 0. The van der Waals surface area contributed by atoms with Gasteiger partial charge in [-0.3, -0.25) is 0 Å². The maximum Gasteiger partial charge on any atom is 0.335 e. The lowest BCUT2D eigenvalue weighted by molar-refractivity contribution is 0.0697. The topological polar surface area (TPSA) is 101 Å². The smallest absolute Gasteiger partial charge is 0.335 e. The van der Waals surface area contributed by atoms with E-state index in [2.05, 4.69) is 0 Å². The Bertz CT molecular complexity index is 754. The van der Waals surface area contributed by atoms with Crippen LogP contribution in [0, 0.1) is 0 Å². The molecule has 0 radical (unpaired) electrons. The first kappa shape index (κ1) is 15.5. The molecule has 0 bridgehead atoms. The van der Waals surface area contributed by atoms with E-state index in [0.29, 0.717) is 0 Å². The van der Waals surface area contributed by atoms with Crippen LogP contribution in [0.1, 0.15) is 15.2 Å². The van der Waals surface area contributed by atoms with Crippen LogP contribution in [0.2, 0.25) is 0 Å². The minimum atomic E-state index is -3.77. The maximum atomic E-state index is 12.5. The van der Waals surface area contributed by atoms with Gasteiger partial charge in [0.05, 0.1) is 11.3 Å². The predicted molar refractivity (Wildman–Crippen MR) is 80.8 cm³/mol. The molecule has 0 amide bonds. The lowest BCUT2D eigenvalue weighted by Crippen LogP contribution is -2.27. The number of anilines is 1. The van der Waals surface area contributed by atoms with Crippen LogP contribution in [0.5, 0.6) is 0 Å². The van der Waals surface area contributed by atoms with Gasteiger partial charge in [0.15, 0.2) is 0 Å². The summed E-state index contributed by atoms with van der Waals surface area (Å²) in [6, 6.07) is 7.28. The van der Waals surface area contributed by atoms with Gasteiger partial charge in [0.1, 0.15) is 4.90 Å². The van der Waals surface area contributed by atoms with Crippen molar-refractivity contribution in [3.8, 4) is 0 Å². The Morgan fingerprint density at radius 3 is 2.62 bits per heavy atom. The van der Waals surface area contributed by atoms with Crippen molar-refractivity contribution in [1.29, 1.82) is 0 Å². The molecule has 0 unspecified atom stereocenters. The Kier molecular flexibility index (Phi) is 4.31. The summed E-state index contributed by atoms with van der Waals surface area (Å²) in [5, 5.41) is 10.7. The number of hydrogen-bond donors (Lipinski definition) is 2. The number of nitrogens with two attached hydrogens (primary N) is 1. The van der Waals surface area contributed by atoms with E-state index in [1.807, 2.05) is 17.5 Å². The number of thiophene rings is 1. The van der Waals surface area contributed by atoms with Crippen LogP contribution in [-0.2, 0) is 16.6 Å². The molecule has 21 heavy (non-hydrogen) atoms. The quantitative estimate of drug-likeness (QED) is 0.817. The lowest BCUT2D eigenvalue weighted by atomic mass is 10.2. The number of carboxylic acids is 1. The molecular formula is C13H14N2O4S2. The number of nitrogens with zero attached hydrogens (tertiary/aromatic N) is 1.